The van der Waals surface area contributed by atoms with Crippen molar-refractivity contribution in [2.45, 2.75) is 46.2 Å². The van der Waals surface area contributed by atoms with E-state index in [9.17, 15) is 4.79 Å². The number of nitrogens with zero attached hydrogens (tertiary/aromatic N) is 1. The smallest absolute Gasteiger partial charge is 0.255 e. The molecule has 0 bridgehead atoms. The number of hydrogen-bond donors (Lipinski definition) is 1. The van der Waals surface area contributed by atoms with E-state index in [1.807, 2.05) is 17.6 Å². The summed E-state index contributed by atoms with van der Waals surface area (Å²) in [6.45, 7) is 11.1. The first-order valence-corrected chi connectivity index (χ1v) is 6.84. The molecule has 0 aliphatic heterocycles. The number of nitrogens with one attached hydrogen (secondary N) is 1. The van der Waals surface area contributed by atoms with Crippen LogP contribution < -0.4 is 10.9 Å². The first kappa shape index (κ1) is 15.9. The molecule has 0 aliphatic rings. The summed E-state index contributed by atoms with van der Waals surface area (Å²) in [5.74, 6) is 0. The second-order valence-corrected chi connectivity index (χ2v) is 5.71. The quantitative estimate of drug-likeness (QED) is 0.800. The molecule has 0 unspecified atom stereocenters. The van der Waals surface area contributed by atoms with Gasteiger partial charge in [0.15, 0.2) is 0 Å². The van der Waals surface area contributed by atoms with Crippen molar-refractivity contribution in [3.63, 3.8) is 0 Å². The average Bonchev–Trinajstić information content (AvgIpc) is 2.34. The van der Waals surface area contributed by atoms with Crippen molar-refractivity contribution in [3.8, 4) is 0 Å². The summed E-state index contributed by atoms with van der Waals surface area (Å²) in [4.78, 5) is 12.4. The third kappa shape index (κ3) is 4.18. The second kappa shape index (κ2) is 6.87. The largest absolute Gasteiger partial charge is 0.383 e. The molecule has 0 saturated carbocycles. The number of rotatable bonds is 6. The van der Waals surface area contributed by atoms with Gasteiger partial charge >= 0.3 is 0 Å². The zero-order valence-corrected chi connectivity index (χ0v) is 12.7. The van der Waals surface area contributed by atoms with Crippen molar-refractivity contribution >= 4 is 0 Å². The fourth-order valence-electron chi connectivity index (χ4n) is 2.12. The molecule has 4 nitrogen and oxygen atoms in total. The van der Waals surface area contributed by atoms with E-state index in [2.05, 4.69) is 32.2 Å². The zero-order chi connectivity index (χ0) is 14.5. The standard InChI is InChI=1S/C15H26N2O2/c1-6-17-13(15(2,3)4)8-7-12(14(17)18)11-16-9-10-19-5/h7-8,16H,6,9-11H2,1-5H3. The van der Waals surface area contributed by atoms with Crippen molar-refractivity contribution in [1.29, 1.82) is 0 Å². The Kier molecular flexibility index (Phi) is 5.76. The van der Waals surface area contributed by atoms with Crippen LogP contribution in [0.1, 0.15) is 39.0 Å². The lowest BCUT2D eigenvalue weighted by molar-refractivity contribution is 0.199. The number of ether oxygens (including phenoxy) is 1. The Morgan fingerprint density at radius 3 is 2.53 bits per heavy atom. The van der Waals surface area contributed by atoms with E-state index in [-0.39, 0.29) is 11.0 Å². The minimum Gasteiger partial charge on any atom is -0.383 e. The van der Waals surface area contributed by atoms with Gasteiger partial charge in [0.25, 0.3) is 5.56 Å². The van der Waals surface area contributed by atoms with Gasteiger partial charge in [-0.05, 0) is 13.0 Å². The van der Waals surface area contributed by atoms with Gasteiger partial charge < -0.3 is 14.6 Å². The first-order valence-electron chi connectivity index (χ1n) is 6.84. The van der Waals surface area contributed by atoms with Crippen LogP contribution in [0.25, 0.3) is 0 Å². The fraction of sp³-hybridized carbons (Fsp3) is 0.667. The first-order chi connectivity index (χ1) is 8.91. The highest BCUT2D eigenvalue weighted by atomic mass is 16.5. The number of methoxy groups -OCH3 is 1. The molecular formula is C15H26N2O2. The minimum atomic E-state index is -0.0167. The van der Waals surface area contributed by atoms with Crippen molar-refractivity contribution < 1.29 is 4.74 Å². The van der Waals surface area contributed by atoms with E-state index in [1.165, 1.54) is 0 Å². The third-order valence-electron chi connectivity index (χ3n) is 3.14. The topological polar surface area (TPSA) is 43.3 Å². The molecule has 0 aliphatic carbocycles. The maximum Gasteiger partial charge on any atom is 0.255 e. The molecule has 108 valence electrons. The lowest BCUT2D eigenvalue weighted by Crippen LogP contribution is -2.33. The summed E-state index contributed by atoms with van der Waals surface area (Å²) in [5, 5.41) is 3.21. The molecule has 1 rings (SSSR count). The summed E-state index contributed by atoms with van der Waals surface area (Å²) in [6.07, 6.45) is 0. The Labute approximate surface area is 115 Å². The van der Waals surface area contributed by atoms with Crippen molar-refractivity contribution in [2.24, 2.45) is 0 Å². The predicted molar refractivity (Wildman–Crippen MR) is 78.7 cm³/mol. The molecule has 0 aromatic carbocycles. The molecule has 1 aromatic rings. The normalized spacial score (nSPS) is 11.8. The highest BCUT2D eigenvalue weighted by molar-refractivity contribution is 5.21. The van der Waals surface area contributed by atoms with Crippen LogP contribution >= 0.6 is 0 Å². The van der Waals surface area contributed by atoms with Gasteiger partial charge in [-0.25, -0.2) is 0 Å². The Bertz CT molecular complexity index is 458. The van der Waals surface area contributed by atoms with E-state index in [0.29, 0.717) is 19.7 Å². The number of aromatic nitrogens is 1. The molecule has 1 N–H and O–H groups in total. The van der Waals surface area contributed by atoms with Gasteiger partial charge in [-0.15, -0.1) is 0 Å². The number of hydrogen-bond acceptors (Lipinski definition) is 3. The minimum absolute atomic E-state index is 0.0167. The molecule has 1 aromatic heterocycles. The molecule has 0 fully saturated rings. The van der Waals surface area contributed by atoms with Crippen LogP contribution in [0.5, 0.6) is 0 Å². The van der Waals surface area contributed by atoms with Gasteiger partial charge in [-0.3, -0.25) is 4.79 Å². The van der Waals surface area contributed by atoms with Gasteiger partial charge in [-0.2, -0.15) is 0 Å². The van der Waals surface area contributed by atoms with Crippen LogP contribution in [-0.4, -0.2) is 24.8 Å². The lowest BCUT2D eigenvalue weighted by atomic mass is 9.90. The molecule has 0 saturated heterocycles. The van der Waals surface area contributed by atoms with Gasteiger partial charge in [0.2, 0.25) is 0 Å². The lowest BCUT2D eigenvalue weighted by Gasteiger charge is -2.24. The van der Waals surface area contributed by atoms with Gasteiger partial charge in [0.1, 0.15) is 0 Å². The summed E-state index contributed by atoms with van der Waals surface area (Å²) in [5.41, 5.74) is 1.99. The van der Waals surface area contributed by atoms with E-state index >= 15 is 0 Å². The Morgan fingerprint density at radius 1 is 1.32 bits per heavy atom. The van der Waals surface area contributed by atoms with E-state index in [1.54, 1.807) is 7.11 Å². The Morgan fingerprint density at radius 2 is 2.00 bits per heavy atom. The maximum absolute atomic E-state index is 12.4. The number of pyridine rings is 1. The fourth-order valence-corrected chi connectivity index (χ4v) is 2.12. The second-order valence-electron chi connectivity index (χ2n) is 5.71. The van der Waals surface area contributed by atoms with Crippen LogP contribution in [0.2, 0.25) is 0 Å². The van der Waals surface area contributed by atoms with Gasteiger partial charge in [0.05, 0.1) is 6.61 Å². The summed E-state index contributed by atoms with van der Waals surface area (Å²) in [7, 11) is 1.67. The summed E-state index contributed by atoms with van der Waals surface area (Å²) < 4.78 is 6.84. The zero-order valence-electron chi connectivity index (χ0n) is 12.7. The molecule has 4 heteroatoms. The van der Waals surface area contributed by atoms with Crippen LogP contribution in [0.15, 0.2) is 16.9 Å². The van der Waals surface area contributed by atoms with Crippen molar-refractivity contribution in [2.75, 3.05) is 20.3 Å². The summed E-state index contributed by atoms with van der Waals surface area (Å²) >= 11 is 0. The maximum atomic E-state index is 12.4. The Hall–Kier alpha value is -1.13. The van der Waals surface area contributed by atoms with Gasteiger partial charge in [-0.1, -0.05) is 26.8 Å². The SMILES string of the molecule is CCn1c(C(C)(C)C)ccc(CNCCOC)c1=O. The highest BCUT2D eigenvalue weighted by Crippen LogP contribution is 2.21. The monoisotopic (exact) mass is 266 g/mol. The molecule has 0 amide bonds. The molecule has 0 atom stereocenters. The van der Waals surface area contributed by atoms with E-state index in [4.69, 9.17) is 4.74 Å². The van der Waals surface area contributed by atoms with E-state index < -0.39 is 0 Å². The Balaban J connectivity index is 2.96. The predicted octanol–water partition coefficient (Wildman–Crippen LogP) is 1.90. The molecule has 1 heterocycles. The summed E-state index contributed by atoms with van der Waals surface area (Å²) in [6, 6.07) is 4.01. The molecule has 19 heavy (non-hydrogen) atoms. The van der Waals surface area contributed by atoms with Crippen LogP contribution in [0.3, 0.4) is 0 Å². The molecule has 0 spiro atoms. The van der Waals surface area contributed by atoms with Crippen LogP contribution in [0.4, 0.5) is 0 Å². The average molecular weight is 266 g/mol. The molecule has 0 radical (unpaired) electrons. The van der Waals surface area contributed by atoms with Crippen LogP contribution in [-0.2, 0) is 23.2 Å². The third-order valence-corrected chi connectivity index (χ3v) is 3.14. The molecular weight excluding hydrogens is 240 g/mol. The van der Waals surface area contributed by atoms with Crippen molar-refractivity contribution in [1.82, 2.24) is 9.88 Å². The van der Waals surface area contributed by atoms with Crippen LogP contribution in [0, 0.1) is 0 Å². The van der Waals surface area contributed by atoms with E-state index in [0.717, 1.165) is 17.8 Å². The van der Waals surface area contributed by atoms with Gasteiger partial charge in [0, 0.05) is 43.4 Å². The highest BCUT2D eigenvalue weighted by Gasteiger charge is 2.19. The van der Waals surface area contributed by atoms with Crippen molar-refractivity contribution in [3.05, 3.63) is 33.7 Å².